The van der Waals surface area contributed by atoms with Crippen molar-refractivity contribution in [2.75, 3.05) is 13.1 Å². The summed E-state index contributed by atoms with van der Waals surface area (Å²) in [6.45, 7) is 4.81. The van der Waals surface area contributed by atoms with Crippen molar-refractivity contribution in [2.45, 2.75) is 32.8 Å². The number of aliphatic hydroxyl groups excluding tert-OH is 1. The third kappa shape index (κ3) is 2.44. The first kappa shape index (κ1) is 12.0. The predicted octanol–water partition coefficient (Wildman–Crippen LogP) is 0.554. The van der Waals surface area contributed by atoms with Gasteiger partial charge in [-0.3, -0.25) is 4.79 Å². The van der Waals surface area contributed by atoms with Crippen molar-refractivity contribution < 1.29 is 9.90 Å². The number of hydrogen-bond acceptors (Lipinski definition) is 4. The van der Waals surface area contributed by atoms with Gasteiger partial charge in [-0.15, -0.1) is 0 Å². The van der Waals surface area contributed by atoms with Gasteiger partial charge in [0.25, 0.3) is 5.91 Å². The molecule has 1 N–H and O–H groups in total. The lowest BCUT2D eigenvalue weighted by Crippen LogP contribution is -2.30. The maximum atomic E-state index is 12.3. The molecular formula is C12H17N3O2. The zero-order chi connectivity index (χ0) is 12.4. The number of hydrogen-bond donors (Lipinski definition) is 1. The topological polar surface area (TPSA) is 66.3 Å². The standard InChI is InChI=1S/C12H17N3O2/c1-3-11-10(6-8(2)13-14-11)12(17)15-5-4-9(16)7-15/h6,9,16H,3-5,7H2,1-2H3. The number of carbonyl (C=O) groups excluding carboxylic acids is 1. The van der Waals surface area contributed by atoms with Gasteiger partial charge in [0, 0.05) is 13.1 Å². The van der Waals surface area contributed by atoms with Gasteiger partial charge in [-0.1, -0.05) is 6.92 Å². The van der Waals surface area contributed by atoms with Crippen LogP contribution in [0.25, 0.3) is 0 Å². The molecule has 1 aliphatic rings. The van der Waals surface area contributed by atoms with Crippen LogP contribution in [0, 0.1) is 6.92 Å². The maximum absolute atomic E-state index is 12.3. The molecule has 1 aromatic rings. The number of amides is 1. The number of carbonyl (C=O) groups is 1. The molecule has 0 radical (unpaired) electrons. The van der Waals surface area contributed by atoms with E-state index in [0.29, 0.717) is 31.5 Å². The highest BCUT2D eigenvalue weighted by Gasteiger charge is 2.27. The van der Waals surface area contributed by atoms with Crippen LogP contribution in [0.1, 0.15) is 35.1 Å². The predicted molar refractivity (Wildman–Crippen MR) is 62.7 cm³/mol. The zero-order valence-electron chi connectivity index (χ0n) is 10.2. The summed E-state index contributed by atoms with van der Waals surface area (Å²) in [5.74, 6) is -0.0450. The zero-order valence-corrected chi connectivity index (χ0v) is 10.2. The van der Waals surface area contributed by atoms with Crippen molar-refractivity contribution in [1.29, 1.82) is 0 Å². The highest BCUT2D eigenvalue weighted by atomic mass is 16.3. The van der Waals surface area contributed by atoms with E-state index in [1.54, 1.807) is 11.0 Å². The van der Waals surface area contributed by atoms with E-state index in [2.05, 4.69) is 10.2 Å². The second-order valence-corrected chi connectivity index (χ2v) is 4.39. The summed E-state index contributed by atoms with van der Waals surface area (Å²) in [6, 6.07) is 1.78. The second-order valence-electron chi connectivity index (χ2n) is 4.39. The van der Waals surface area contributed by atoms with Crippen LogP contribution in [-0.4, -0.2) is 45.3 Å². The smallest absolute Gasteiger partial charge is 0.255 e. The number of likely N-dealkylation sites (tertiary alicyclic amines) is 1. The summed E-state index contributed by atoms with van der Waals surface area (Å²) in [4.78, 5) is 14.0. The highest BCUT2D eigenvalue weighted by molar-refractivity contribution is 5.95. The van der Waals surface area contributed by atoms with Crippen molar-refractivity contribution in [1.82, 2.24) is 15.1 Å². The molecule has 1 amide bonds. The van der Waals surface area contributed by atoms with Gasteiger partial charge in [-0.25, -0.2) is 0 Å². The van der Waals surface area contributed by atoms with Gasteiger partial charge in [0.1, 0.15) is 0 Å². The molecule has 1 aromatic heterocycles. The van der Waals surface area contributed by atoms with Gasteiger partial charge in [0.05, 0.1) is 23.1 Å². The average molecular weight is 235 g/mol. The molecule has 17 heavy (non-hydrogen) atoms. The lowest BCUT2D eigenvalue weighted by atomic mass is 10.1. The number of aromatic nitrogens is 2. The Hall–Kier alpha value is -1.49. The molecule has 0 spiro atoms. The minimum Gasteiger partial charge on any atom is -0.391 e. The summed E-state index contributed by atoms with van der Waals surface area (Å²) in [5.41, 5.74) is 2.08. The lowest BCUT2D eigenvalue weighted by molar-refractivity contribution is 0.0763. The molecule has 5 nitrogen and oxygen atoms in total. The Morgan fingerprint density at radius 2 is 2.35 bits per heavy atom. The number of rotatable bonds is 2. The normalized spacial score (nSPS) is 19.7. The van der Waals surface area contributed by atoms with Gasteiger partial charge in [-0.05, 0) is 25.8 Å². The maximum Gasteiger partial charge on any atom is 0.255 e. The van der Waals surface area contributed by atoms with Crippen LogP contribution in [-0.2, 0) is 6.42 Å². The van der Waals surface area contributed by atoms with E-state index in [4.69, 9.17) is 0 Å². The van der Waals surface area contributed by atoms with Gasteiger partial charge in [0.2, 0.25) is 0 Å². The summed E-state index contributed by atoms with van der Waals surface area (Å²) < 4.78 is 0. The van der Waals surface area contributed by atoms with Gasteiger partial charge < -0.3 is 10.0 Å². The molecule has 0 aliphatic carbocycles. The average Bonchev–Trinajstić information content (AvgIpc) is 2.75. The lowest BCUT2D eigenvalue weighted by Gasteiger charge is -2.17. The number of aryl methyl sites for hydroxylation is 2. The Morgan fingerprint density at radius 3 is 2.94 bits per heavy atom. The summed E-state index contributed by atoms with van der Waals surface area (Å²) in [5, 5.41) is 17.5. The number of β-amino-alcohol motifs (C(OH)–C–C–N with tert-alkyl or cyclic N) is 1. The fourth-order valence-electron chi connectivity index (χ4n) is 2.06. The van der Waals surface area contributed by atoms with E-state index >= 15 is 0 Å². The summed E-state index contributed by atoms with van der Waals surface area (Å²) in [7, 11) is 0. The van der Waals surface area contributed by atoms with Crippen LogP contribution in [0.15, 0.2) is 6.07 Å². The summed E-state index contributed by atoms with van der Waals surface area (Å²) in [6.07, 6.45) is 0.954. The molecule has 1 atom stereocenters. The fourth-order valence-corrected chi connectivity index (χ4v) is 2.06. The van der Waals surface area contributed by atoms with E-state index in [-0.39, 0.29) is 12.0 Å². The van der Waals surface area contributed by atoms with Crippen LogP contribution in [0.2, 0.25) is 0 Å². The fraction of sp³-hybridized carbons (Fsp3) is 0.583. The van der Waals surface area contributed by atoms with Crippen LogP contribution in [0.5, 0.6) is 0 Å². The molecule has 0 saturated carbocycles. The van der Waals surface area contributed by atoms with Gasteiger partial charge in [0.15, 0.2) is 0 Å². The van der Waals surface area contributed by atoms with E-state index in [0.717, 1.165) is 11.4 Å². The van der Waals surface area contributed by atoms with Crippen LogP contribution < -0.4 is 0 Å². The first-order valence-electron chi connectivity index (χ1n) is 5.92. The molecule has 5 heteroatoms. The molecule has 0 aromatic carbocycles. The molecule has 2 heterocycles. The molecule has 1 saturated heterocycles. The molecule has 0 bridgehead atoms. The Balaban J connectivity index is 2.26. The third-order valence-corrected chi connectivity index (χ3v) is 3.01. The Kier molecular flexibility index (Phi) is 3.38. The minimum atomic E-state index is -0.389. The van der Waals surface area contributed by atoms with E-state index in [9.17, 15) is 9.90 Å². The van der Waals surface area contributed by atoms with Crippen LogP contribution in [0.3, 0.4) is 0 Å². The minimum absolute atomic E-state index is 0.0450. The molecule has 1 unspecified atom stereocenters. The van der Waals surface area contributed by atoms with Crippen molar-refractivity contribution in [3.05, 3.63) is 23.0 Å². The molecule has 92 valence electrons. The summed E-state index contributed by atoms with van der Waals surface area (Å²) >= 11 is 0. The van der Waals surface area contributed by atoms with Crippen molar-refractivity contribution >= 4 is 5.91 Å². The quantitative estimate of drug-likeness (QED) is 0.813. The van der Waals surface area contributed by atoms with Crippen molar-refractivity contribution in [3.63, 3.8) is 0 Å². The Labute approximate surface area is 100 Å². The van der Waals surface area contributed by atoms with Crippen molar-refractivity contribution in [3.8, 4) is 0 Å². The molecule has 2 rings (SSSR count). The Morgan fingerprint density at radius 1 is 1.59 bits per heavy atom. The van der Waals surface area contributed by atoms with Gasteiger partial charge in [-0.2, -0.15) is 10.2 Å². The first-order chi connectivity index (χ1) is 8.11. The number of nitrogens with zero attached hydrogens (tertiary/aromatic N) is 3. The Bertz CT molecular complexity index is 434. The monoisotopic (exact) mass is 235 g/mol. The highest BCUT2D eigenvalue weighted by Crippen LogP contribution is 2.16. The van der Waals surface area contributed by atoms with Crippen LogP contribution >= 0.6 is 0 Å². The van der Waals surface area contributed by atoms with E-state index in [1.807, 2.05) is 13.8 Å². The van der Waals surface area contributed by atoms with Gasteiger partial charge >= 0.3 is 0 Å². The first-order valence-corrected chi connectivity index (χ1v) is 5.92. The third-order valence-electron chi connectivity index (χ3n) is 3.01. The van der Waals surface area contributed by atoms with E-state index < -0.39 is 0 Å². The molecule has 1 aliphatic heterocycles. The van der Waals surface area contributed by atoms with Crippen molar-refractivity contribution in [2.24, 2.45) is 0 Å². The second kappa shape index (κ2) is 4.79. The molecule has 1 fully saturated rings. The number of aliphatic hydroxyl groups is 1. The van der Waals surface area contributed by atoms with E-state index in [1.165, 1.54) is 0 Å². The largest absolute Gasteiger partial charge is 0.391 e. The SMILES string of the molecule is CCc1nnc(C)cc1C(=O)N1CCC(O)C1. The van der Waals surface area contributed by atoms with Crippen LogP contribution in [0.4, 0.5) is 0 Å². The molecular weight excluding hydrogens is 218 g/mol.